The topological polar surface area (TPSA) is 85.4 Å². The van der Waals surface area contributed by atoms with Crippen LogP contribution in [0, 0.1) is 0 Å². The van der Waals surface area contributed by atoms with Crippen molar-refractivity contribution >= 4 is 22.4 Å². The molecule has 18 heavy (non-hydrogen) atoms. The molecule has 0 unspecified atom stereocenters. The summed E-state index contributed by atoms with van der Waals surface area (Å²) in [4.78, 5) is 15.6. The van der Waals surface area contributed by atoms with Crippen LogP contribution in [0.25, 0.3) is 11.3 Å². The molecule has 1 aromatic carbocycles. The summed E-state index contributed by atoms with van der Waals surface area (Å²) in [6.45, 7) is 0. The number of aliphatic carboxylic acids is 1. The van der Waals surface area contributed by atoms with Crippen LogP contribution in [0.5, 0.6) is 5.75 Å². The number of carboxylic acid groups (broad SMARTS) is 1. The van der Waals surface area contributed by atoms with Gasteiger partial charge in [0.1, 0.15) is 5.75 Å². The lowest BCUT2D eigenvalue weighted by Crippen LogP contribution is -1.99. The van der Waals surface area contributed by atoms with Gasteiger partial charge in [-0.05, 0) is 12.1 Å². The highest BCUT2D eigenvalue weighted by atomic mass is 32.1. The second kappa shape index (κ2) is 5.05. The Kier molecular flexibility index (Phi) is 3.47. The summed E-state index contributed by atoms with van der Waals surface area (Å²) in [6, 6.07) is 7.30. The van der Waals surface area contributed by atoms with Crippen molar-refractivity contribution in [1.29, 1.82) is 0 Å². The molecule has 0 saturated carbocycles. The zero-order chi connectivity index (χ0) is 13.1. The van der Waals surface area contributed by atoms with E-state index in [2.05, 4.69) is 4.98 Å². The van der Waals surface area contributed by atoms with E-state index in [-0.39, 0.29) is 6.42 Å². The first kappa shape index (κ1) is 12.4. The van der Waals surface area contributed by atoms with Crippen LogP contribution < -0.4 is 10.5 Å². The molecule has 5 nitrogen and oxygen atoms in total. The normalized spacial score (nSPS) is 10.3. The number of anilines is 1. The third-order valence-electron chi connectivity index (χ3n) is 2.37. The van der Waals surface area contributed by atoms with Gasteiger partial charge in [-0.2, -0.15) is 0 Å². The van der Waals surface area contributed by atoms with E-state index < -0.39 is 5.97 Å². The molecular formula is C12H12N2O3S. The van der Waals surface area contributed by atoms with Crippen molar-refractivity contribution in [2.24, 2.45) is 0 Å². The number of aromatic nitrogens is 1. The summed E-state index contributed by atoms with van der Waals surface area (Å²) in [7, 11) is 1.58. The lowest BCUT2D eigenvalue weighted by molar-refractivity contribution is -0.136. The fourth-order valence-electron chi connectivity index (χ4n) is 1.62. The molecule has 0 amide bonds. The number of nitrogen functional groups attached to an aromatic ring is 1. The highest BCUT2D eigenvalue weighted by Crippen LogP contribution is 2.31. The first-order chi connectivity index (χ1) is 8.60. The molecule has 1 aromatic heterocycles. The number of benzene rings is 1. The molecule has 0 bridgehead atoms. The van der Waals surface area contributed by atoms with Crippen LogP contribution in [0.4, 0.5) is 5.13 Å². The Morgan fingerprint density at radius 2 is 2.33 bits per heavy atom. The quantitative estimate of drug-likeness (QED) is 0.882. The van der Waals surface area contributed by atoms with Crippen molar-refractivity contribution < 1.29 is 14.6 Å². The molecular weight excluding hydrogens is 252 g/mol. The number of ether oxygens (including phenoxy) is 1. The summed E-state index contributed by atoms with van der Waals surface area (Å²) in [5, 5.41) is 9.23. The van der Waals surface area contributed by atoms with Crippen molar-refractivity contribution in [3.05, 3.63) is 29.1 Å². The fourth-order valence-corrected chi connectivity index (χ4v) is 2.47. The highest BCUT2D eigenvalue weighted by molar-refractivity contribution is 7.15. The minimum Gasteiger partial charge on any atom is -0.497 e. The Balaban J connectivity index is 2.45. The molecule has 0 aliphatic rings. The Hall–Kier alpha value is -2.08. The number of nitrogens with zero attached hydrogens (tertiary/aromatic N) is 1. The van der Waals surface area contributed by atoms with Gasteiger partial charge in [0.25, 0.3) is 0 Å². The predicted octanol–water partition coefficient (Wildman–Crippen LogP) is 2.03. The minimum absolute atomic E-state index is 0.0819. The first-order valence-electron chi connectivity index (χ1n) is 5.21. The number of rotatable bonds is 4. The lowest BCUT2D eigenvalue weighted by atomic mass is 10.1. The van der Waals surface area contributed by atoms with Gasteiger partial charge in [-0.15, -0.1) is 11.3 Å². The maximum Gasteiger partial charge on any atom is 0.308 e. The zero-order valence-electron chi connectivity index (χ0n) is 9.71. The summed E-state index contributed by atoms with van der Waals surface area (Å²) < 4.78 is 5.13. The molecule has 3 N–H and O–H groups in total. The maximum absolute atomic E-state index is 10.8. The van der Waals surface area contributed by atoms with E-state index in [1.54, 1.807) is 13.2 Å². The largest absolute Gasteiger partial charge is 0.497 e. The molecule has 94 valence electrons. The van der Waals surface area contributed by atoms with Crippen LogP contribution in [-0.2, 0) is 11.2 Å². The monoisotopic (exact) mass is 264 g/mol. The van der Waals surface area contributed by atoms with Crippen LogP contribution in [0.3, 0.4) is 0 Å². The molecule has 0 aliphatic heterocycles. The van der Waals surface area contributed by atoms with Crippen molar-refractivity contribution in [3.63, 3.8) is 0 Å². The summed E-state index contributed by atoms with van der Waals surface area (Å²) >= 11 is 1.20. The first-order valence-corrected chi connectivity index (χ1v) is 6.03. The van der Waals surface area contributed by atoms with Gasteiger partial charge in [0, 0.05) is 10.4 Å². The van der Waals surface area contributed by atoms with Crippen molar-refractivity contribution in [1.82, 2.24) is 4.98 Å². The SMILES string of the molecule is COc1cccc(-c2nc(N)sc2CC(=O)O)c1. The van der Waals surface area contributed by atoms with Gasteiger partial charge in [0.2, 0.25) is 0 Å². The van der Waals surface area contributed by atoms with E-state index in [9.17, 15) is 4.79 Å². The second-order valence-corrected chi connectivity index (χ2v) is 4.74. The van der Waals surface area contributed by atoms with Gasteiger partial charge >= 0.3 is 5.97 Å². The number of nitrogens with two attached hydrogens (primary N) is 1. The Morgan fingerprint density at radius 3 is 3.00 bits per heavy atom. The van der Waals surface area contributed by atoms with Crippen LogP contribution in [0.1, 0.15) is 4.88 Å². The van der Waals surface area contributed by atoms with Crippen LogP contribution in [-0.4, -0.2) is 23.2 Å². The summed E-state index contributed by atoms with van der Waals surface area (Å²) in [6.07, 6.45) is -0.0819. The van der Waals surface area contributed by atoms with E-state index >= 15 is 0 Å². The molecule has 0 atom stereocenters. The average molecular weight is 264 g/mol. The molecule has 2 rings (SSSR count). The highest BCUT2D eigenvalue weighted by Gasteiger charge is 2.14. The van der Waals surface area contributed by atoms with Gasteiger partial charge < -0.3 is 15.6 Å². The molecule has 0 spiro atoms. The van der Waals surface area contributed by atoms with Crippen molar-refractivity contribution in [3.8, 4) is 17.0 Å². The van der Waals surface area contributed by atoms with Crippen LogP contribution >= 0.6 is 11.3 Å². The van der Waals surface area contributed by atoms with Crippen molar-refractivity contribution in [2.75, 3.05) is 12.8 Å². The molecule has 6 heteroatoms. The van der Waals surface area contributed by atoms with Gasteiger partial charge in [0.15, 0.2) is 5.13 Å². The maximum atomic E-state index is 10.8. The van der Waals surface area contributed by atoms with E-state index in [1.165, 1.54) is 11.3 Å². The summed E-state index contributed by atoms with van der Waals surface area (Å²) in [5.41, 5.74) is 7.06. The van der Waals surface area contributed by atoms with E-state index in [0.29, 0.717) is 21.5 Å². The number of carbonyl (C=O) groups is 1. The molecule has 0 fully saturated rings. The number of hydrogen-bond acceptors (Lipinski definition) is 5. The Labute approximate surface area is 108 Å². The average Bonchev–Trinajstić information content (AvgIpc) is 2.69. The van der Waals surface area contributed by atoms with Crippen LogP contribution in [0.15, 0.2) is 24.3 Å². The number of thiazole rings is 1. The smallest absolute Gasteiger partial charge is 0.308 e. The molecule has 0 saturated heterocycles. The van der Waals surface area contributed by atoms with Gasteiger partial charge in [-0.1, -0.05) is 12.1 Å². The van der Waals surface area contributed by atoms with E-state index in [0.717, 1.165) is 5.56 Å². The molecule has 0 radical (unpaired) electrons. The second-order valence-electron chi connectivity index (χ2n) is 3.63. The Morgan fingerprint density at radius 1 is 1.56 bits per heavy atom. The van der Waals surface area contributed by atoms with Gasteiger partial charge in [-0.25, -0.2) is 4.98 Å². The zero-order valence-corrected chi connectivity index (χ0v) is 10.5. The number of methoxy groups -OCH3 is 1. The molecule has 2 aromatic rings. The Bertz CT molecular complexity index is 580. The number of hydrogen-bond donors (Lipinski definition) is 2. The third-order valence-corrected chi connectivity index (χ3v) is 3.25. The number of carboxylic acids is 1. The van der Waals surface area contributed by atoms with Crippen molar-refractivity contribution in [2.45, 2.75) is 6.42 Å². The molecule has 0 aliphatic carbocycles. The summed E-state index contributed by atoms with van der Waals surface area (Å²) in [5.74, 6) is -0.205. The predicted molar refractivity (Wildman–Crippen MR) is 69.9 cm³/mol. The third kappa shape index (κ3) is 2.60. The van der Waals surface area contributed by atoms with E-state index in [4.69, 9.17) is 15.6 Å². The standard InChI is InChI=1S/C12H12N2O3S/c1-17-8-4-2-3-7(5-8)11-9(6-10(15)16)18-12(13)14-11/h2-5H,6H2,1H3,(H2,13,14)(H,15,16). The minimum atomic E-state index is -0.900. The van der Waals surface area contributed by atoms with Crippen LogP contribution in [0.2, 0.25) is 0 Å². The lowest BCUT2D eigenvalue weighted by Gasteiger charge is -2.03. The van der Waals surface area contributed by atoms with Gasteiger partial charge in [-0.3, -0.25) is 4.79 Å². The van der Waals surface area contributed by atoms with E-state index in [1.807, 2.05) is 18.2 Å². The van der Waals surface area contributed by atoms with Gasteiger partial charge in [0.05, 0.1) is 19.2 Å². The fraction of sp³-hybridized carbons (Fsp3) is 0.167. The molecule has 1 heterocycles.